The first kappa shape index (κ1) is 14.8. The van der Waals surface area contributed by atoms with E-state index in [1.165, 1.54) is 12.1 Å². The van der Waals surface area contributed by atoms with Crippen LogP contribution < -0.4 is 0 Å². The number of aromatic nitrogens is 3. The summed E-state index contributed by atoms with van der Waals surface area (Å²) in [6.07, 6.45) is -4.95. The van der Waals surface area contributed by atoms with E-state index < -0.39 is 32.5 Å². The summed E-state index contributed by atoms with van der Waals surface area (Å²) in [7, 11) is -4.31. The lowest BCUT2D eigenvalue weighted by Gasteiger charge is -2.05. The molecule has 0 radical (unpaired) electrons. The molecule has 1 aromatic heterocycles. The van der Waals surface area contributed by atoms with Gasteiger partial charge in [0.05, 0.1) is 17.5 Å². The van der Waals surface area contributed by atoms with E-state index in [-0.39, 0.29) is 4.32 Å². The number of hydrogen-bond acceptors (Lipinski definition) is 4. The van der Waals surface area contributed by atoms with Crippen molar-refractivity contribution in [1.82, 2.24) is 14.5 Å². The fraction of sp³-hybridized carbons (Fsp3) is 0.200. The molecule has 5 nitrogen and oxygen atoms in total. The minimum Gasteiger partial charge on any atom is -0.222 e. The fourth-order valence-electron chi connectivity index (χ4n) is 1.52. The van der Waals surface area contributed by atoms with Gasteiger partial charge in [-0.05, 0) is 5.56 Å². The molecule has 0 atom stereocenters. The zero-order valence-corrected chi connectivity index (χ0v) is 11.2. The normalized spacial score (nSPS) is 12.6. The van der Waals surface area contributed by atoms with Crippen LogP contribution in [0, 0.1) is 0 Å². The molecule has 108 valence electrons. The molecular formula is C10H7ClF3N3O2S. The minimum absolute atomic E-state index is 0.0701. The highest BCUT2D eigenvalue weighted by atomic mass is 35.5. The molecule has 1 heterocycles. The van der Waals surface area contributed by atoms with Gasteiger partial charge in [-0.15, -0.1) is 10.2 Å². The molecule has 0 spiro atoms. The van der Waals surface area contributed by atoms with Gasteiger partial charge in [0.2, 0.25) is 20.6 Å². The van der Waals surface area contributed by atoms with Crippen molar-refractivity contribution in [3.8, 4) is 0 Å². The summed E-state index contributed by atoms with van der Waals surface area (Å²) in [5.41, 5.74) is -1.28. The molecular weight excluding hydrogens is 319 g/mol. The molecule has 0 unspecified atom stereocenters. The fourth-order valence-corrected chi connectivity index (χ4v) is 3.14. The number of benzene rings is 1. The van der Waals surface area contributed by atoms with Crippen LogP contribution in [0.3, 0.4) is 0 Å². The Bertz CT molecular complexity index is 713. The van der Waals surface area contributed by atoms with Crippen molar-refractivity contribution < 1.29 is 21.6 Å². The van der Waals surface area contributed by atoms with Crippen molar-refractivity contribution in [2.45, 2.75) is 17.0 Å². The average Bonchev–Trinajstić information content (AvgIpc) is 2.73. The molecule has 0 bridgehead atoms. The Balaban J connectivity index is 2.45. The van der Waals surface area contributed by atoms with E-state index in [1.54, 1.807) is 18.2 Å². The molecule has 10 heteroatoms. The van der Waals surface area contributed by atoms with Crippen LogP contribution in [0.1, 0.15) is 11.3 Å². The summed E-state index contributed by atoms with van der Waals surface area (Å²) in [4.78, 5) is 0. The zero-order valence-electron chi connectivity index (χ0n) is 9.67. The summed E-state index contributed by atoms with van der Waals surface area (Å²) in [6.45, 7) is 0. The third-order valence-electron chi connectivity index (χ3n) is 2.32. The van der Waals surface area contributed by atoms with Gasteiger partial charge < -0.3 is 0 Å². The van der Waals surface area contributed by atoms with Gasteiger partial charge in [-0.3, -0.25) is 0 Å². The molecule has 0 aliphatic carbocycles. The van der Waals surface area contributed by atoms with E-state index in [0.717, 1.165) is 0 Å². The Labute approximate surface area is 117 Å². The largest absolute Gasteiger partial charge is 0.438 e. The lowest BCUT2D eigenvalue weighted by molar-refractivity contribution is -0.143. The van der Waals surface area contributed by atoms with Crippen LogP contribution in [-0.2, 0) is 21.8 Å². The van der Waals surface area contributed by atoms with Crippen LogP contribution in [0.2, 0.25) is 0 Å². The lowest BCUT2D eigenvalue weighted by atomic mass is 10.2. The molecule has 0 saturated carbocycles. The van der Waals surface area contributed by atoms with Gasteiger partial charge in [-0.1, -0.05) is 34.6 Å². The number of nitrogens with zero attached hydrogens (tertiary/aromatic N) is 3. The number of halogens is 4. The summed E-state index contributed by atoms with van der Waals surface area (Å²) in [5, 5.41) is 4.79. The highest BCUT2D eigenvalue weighted by molar-refractivity contribution is 7.90. The van der Waals surface area contributed by atoms with Gasteiger partial charge in [-0.2, -0.15) is 13.2 Å². The number of rotatable bonds is 3. The average molecular weight is 326 g/mol. The maximum atomic E-state index is 12.7. The van der Waals surface area contributed by atoms with Crippen molar-refractivity contribution >= 4 is 21.6 Å². The Hall–Kier alpha value is -1.61. The summed E-state index contributed by atoms with van der Waals surface area (Å²) in [5.74, 6) is -0.619. The van der Waals surface area contributed by atoms with Gasteiger partial charge in [-0.25, -0.2) is 8.42 Å². The Morgan fingerprint density at radius 1 is 1.15 bits per heavy atom. The smallest absolute Gasteiger partial charge is 0.222 e. The van der Waals surface area contributed by atoms with Gasteiger partial charge in [0.15, 0.2) is 0 Å². The predicted octanol–water partition coefficient (Wildman–Crippen LogP) is 2.27. The summed E-state index contributed by atoms with van der Waals surface area (Å²) in [6, 6.07) is 7.78. The van der Waals surface area contributed by atoms with Crippen LogP contribution in [0.15, 0.2) is 35.4 Å². The second-order valence-electron chi connectivity index (χ2n) is 3.84. The maximum absolute atomic E-state index is 12.7. The van der Waals surface area contributed by atoms with Crippen LogP contribution >= 0.6 is 11.8 Å². The molecule has 0 saturated heterocycles. The molecule has 2 aromatic rings. The number of hydrogen-bond donors (Lipinski definition) is 0. The standard InChI is InChI=1S/C10H7ClF3N3O2S/c11-17-15-8(10(12,13)14)9(16-17)20(18,19)6-7-4-2-1-3-5-7/h1-5H,6H2. The number of sulfone groups is 1. The van der Waals surface area contributed by atoms with E-state index in [0.29, 0.717) is 5.56 Å². The minimum atomic E-state index is -4.95. The van der Waals surface area contributed by atoms with Gasteiger partial charge in [0.25, 0.3) is 0 Å². The molecule has 20 heavy (non-hydrogen) atoms. The van der Waals surface area contributed by atoms with Crippen LogP contribution in [0.25, 0.3) is 0 Å². The van der Waals surface area contributed by atoms with Crippen molar-refractivity contribution in [3.05, 3.63) is 41.6 Å². The molecule has 0 aliphatic rings. The van der Waals surface area contributed by atoms with Crippen molar-refractivity contribution in [2.75, 3.05) is 0 Å². The molecule has 0 aliphatic heterocycles. The molecule has 0 N–H and O–H groups in total. The Kier molecular flexibility index (Phi) is 3.74. The Morgan fingerprint density at radius 3 is 2.30 bits per heavy atom. The van der Waals surface area contributed by atoms with E-state index >= 15 is 0 Å². The number of alkyl halides is 3. The van der Waals surface area contributed by atoms with E-state index in [1.807, 2.05) is 0 Å². The second kappa shape index (κ2) is 5.06. The van der Waals surface area contributed by atoms with Crippen molar-refractivity contribution in [1.29, 1.82) is 0 Å². The highest BCUT2D eigenvalue weighted by Crippen LogP contribution is 2.32. The van der Waals surface area contributed by atoms with Crippen LogP contribution in [0.5, 0.6) is 0 Å². The molecule has 2 rings (SSSR count). The third-order valence-corrected chi connectivity index (χ3v) is 4.05. The quantitative estimate of drug-likeness (QED) is 0.868. The second-order valence-corrected chi connectivity index (χ2v) is 6.04. The van der Waals surface area contributed by atoms with Crippen LogP contribution in [-0.4, -0.2) is 22.9 Å². The summed E-state index contributed by atoms with van der Waals surface area (Å²) < 4.78 is 62.2. The van der Waals surface area contributed by atoms with Crippen LogP contribution in [0.4, 0.5) is 13.2 Å². The SMILES string of the molecule is O=S(=O)(Cc1ccccc1)c1nn(Cl)nc1C(F)(F)F. The van der Waals surface area contributed by atoms with Gasteiger partial charge >= 0.3 is 6.18 Å². The third kappa shape index (κ3) is 3.10. The zero-order chi connectivity index (χ0) is 15.0. The topological polar surface area (TPSA) is 64.8 Å². The monoisotopic (exact) mass is 325 g/mol. The molecule has 0 amide bonds. The first-order valence-corrected chi connectivity index (χ1v) is 7.16. The summed E-state index contributed by atoms with van der Waals surface area (Å²) >= 11 is 5.21. The van der Waals surface area contributed by atoms with Crippen molar-refractivity contribution in [2.24, 2.45) is 0 Å². The van der Waals surface area contributed by atoms with E-state index in [9.17, 15) is 21.6 Å². The van der Waals surface area contributed by atoms with Crippen molar-refractivity contribution in [3.63, 3.8) is 0 Å². The molecule has 0 fully saturated rings. The highest BCUT2D eigenvalue weighted by Gasteiger charge is 2.42. The first-order chi connectivity index (χ1) is 9.20. The van der Waals surface area contributed by atoms with E-state index in [2.05, 4.69) is 10.2 Å². The van der Waals surface area contributed by atoms with Gasteiger partial charge in [0, 0.05) is 0 Å². The molecule has 1 aromatic carbocycles. The lowest BCUT2D eigenvalue weighted by Crippen LogP contribution is -2.14. The Morgan fingerprint density at radius 2 is 1.75 bits per heavy atom. The first-order valence-electron chi connectivity index (χ1n) is 5.17. The maximum Gasteiger partial charge on any atom is 0.438 e. The van der Waals surface area contributed by atoms with E-state index in [4.69, 9.17) is 11.8 Å². The van der Waals surface area contributed by atoms with Gasteiger partial charge in [0.1, 0.15) is 0 Å². The predicted molar refractivity (Wildman–Crippen MR) is 63.6 cm³/mol.